The predicted octanol–water partition coefficient (Wildman–Crippen LogP) is 10.9. The number of aliphatic hydroxyl groups excluding tert-OH is 1. The number of aromatic nitrogens is 3. The van der Waals surface area contributed by atoms with Crippen molar-refractivity contribution in [1.29, 1.82) is 0 Å². The SMILES string of the molecule is CC(C)(C)c1cc(-c2cc(-c3ccc4occc4n3)ncn2)[c-]c2ccccc12.CCC(C)(CC)C(=O)/C=C(\O)C(C)(CC)CC.[Ir]. The maximum absolute atomic E-state index is 12.2. The molecule has 3 heterocycles. The standard InChI is InChI=1S/C25H20N3O.C15H28O2.Ir/c1-25(2,3)19-13-17(12-16-6-4-5-7-18(16)19)22-14-23(27-15-26-22)20-8-9-24-21(28-20)10-11-29-24;1-7-14(5,8-2)12(16)11-13(17)15(6,9-3)10-4;/h4-11,13-15H,1-3H3;11,16H,7-10H2,1-6H3;/q-1;;/b;12-11-;. The number of hydrogen-bond donors (Lipinski definition) is 1. The van der Waals surface area contributed by atoms with Crippen molar-refractivity contribution >= 4 is 27.7 Å². The average molecular weight is 811 g/mol. The molecule has 0 aliphatic heterocycles. The van der Waals surface area contributed by atoms with Crippen LogP contribution in [0.3, 0.4) is 0 Å². The number of carbonyl (C=O) groups excluding carboxylic acids is 1. The van der Waals surface area contributed by atoms with Gasteiger partial charge in [0.25, 0.3) is 0 Å². The van der Waals surface area contributed by atoms with Gasteiger partial charge in [-0.3, -0.25) is 9.78 Å². The third-order valence-corrected chi connectivity index (χ3v) is 9.70. The topological polar surface area (TPSA) is 89.1 Å². The molecule has 7 heteroatoms. The van der Waals surface area contributed by atoms with Crippen molar-refractivity contribution in [3.8, 4) is 22.6 Å². The first-order valence-corrected chi connectivity index (χ1v) is 16.4. The Morgan fingerprint density at radius 3 is 2.11 bits per heavy atom. The number of allylic oxidation sites excluding steroid dienone is 2. The van der Waals surface area contributed by atoms with Gasteiger partial charge in [0.2, 0.25) is 0 Å². The zero-order chi connectivity index (χ0) is 33.7. The van der Waals surface area contributed by atoms with Gasteiger partial charge in [0.05, 0.1) is 17.7 Å². The molecule has 0 aliphatic rings. The molecule has 0 spiro atoms. The average Bonchev–Trinajstić information content (AvgIpc) is 3.55. The van der Waals surface area contributed by atoms with E-state index in [0.29, 0.717) is 0 Å². The van der Waals surface area contributed by atoms with Crippen molar-refractivity contribution in [3.05, 3.63) is 90.7 Å². The third-order valence-electron chi connectivity index (χ3n) is 9.70. The first-order valence-electron chi connectivity index (χ1n) is 16.4. The van der Waals surface area contributed by atoms with Crippen molar-refractivity contribution < 1.29 is 34.4 Å². The molecule has 0 bridgehead atoms. The van der Waals surface area contributed by atoms with Crippen LogP contribution >= 0.6 is 0 Å². The van der Waals surface area contributed by atoms with Gasteiger partial charge in [-0.05, 0) is 49.3 Å². The summed E-state index contributed by atoms with van der Waals surface area (Å²) in [6.07, 6.45) is 7.99. The van der Waals surface area contributed by atoms with Crippen LogP contribution in [0.25, 0.3) is 44.5 Å². The zero-order valence-electron chi connectivity index (χ0n) is 29.2. The van der Waals surface area contributed by atoms with Crippen LogP contribution in [0.4, 0.5) is 0 Å². The van der Waals surface area contributed by atoms with E-state index in [9.17, 15) is 9.90 Å². The molecule has 5 rings (SSSR count). The maximum Gasteiger partial charge on any atom is 0.164 e. The summed E-state index contributed by atoms with van der Waals surface area (Å²) in [4.78, 5) is 25.8. The molecule has 1 N–H and O–H groups in total. The fourth-order valence-corrected chi connectivity index (χ4v) is 5.31. The number of furan rings is 1. The number of fused-ring (bicyclic) bond motifs is 2. The molecule has 0 aliphatic carbocycles. The van der Waals surface area contributed by atoms with E-state index >= 15 is 0 Å². The quantitative estimate of drug-likeness (QED) is 0.0906. The molecule has 0 unspecified atom stereocenters. The van der Waals surface area contributed by atoms with Crippen molar-refractivity contribution in [2.24, 2.45) is 10.8 Å². The summed E-state index contributed by atoms with van der Waals surface area (Å²) in [5.74, 6) is 0.286. The van der Waals surface area contributed by atoms with Crippen LogP contribution in [0.15, 0.2) is 83.4 Å². The number of aliphatic hydroxyl groups is 1. The zero-order valence-corrected chi connectivity index (χ0v) is 31.6. The van der Waals surface area contributed by atoms with Gasteiger partial charge in [-0.15, -0.1) is 29.1 Å². The predicted molar refractivity (Wildman–Crippen MR) is 189 cm³/mol. The second-order valence-electron chi connectivity index (χ2n) is 13.6. The van der Waals surface area contributed by atoms with Crippen molar-refractivity contribution in [2.45, 2.75) is 93.4 Å². The van der Waals surface area contributed by atoms with Gasteiger partial charge in [-0.25, -0.2) is 9.97 Å². The summed E-state index contributed by atoms with van der Waals surface area (Å²) in [6.45, 7) is 18.8. The first-order chi connectivity index (χ1) is 21.8. The number of hydrogen-bond acceptors (Lipinski definition) is 6. The van der Waals surface area contributed by atoms with Crippen LogP contribution < -0.4 is 0 Å². The van der Waals surface area contributed by atoms with Gasteiger partial charge in [-0.2, -0.15) is 0 Å². The van der Waals surface area contributed by atoms with E-state index in [0.717, 1.165) is 64.8 Å². The molecule has 47 heavy (non-hydrogen) atoms. The van der Waals surface area contributed by atoms with Crippen molar-refractivity contribution in [2.75, 3.05) is 0 Å². The maximum atomic E-state index is 12.2. The summed E-state index contributed by atoms with van der Waals surface area (Å²) >= 11 is 0. The molecule has 0 saturated heterocycles. The molecule has 251 valence electrons. The minimum Gasteiger partial charge on any atom is -0.512 e. The molecule has 0 saturated carbocycles. The van der Waals surface area contributed by atoms with Crippen LogP contribution in [0.5, 0.6) is 0 Å². The van der Waals surface area contributed by atoms with E-state index in [2.05, 4.69) is 66.1 Å². The second kappa shape index (κ2) is 15.5. The van der Waals surface area contributed by atoms with Crippen LogP contribution in [0, 0.1) is 16.9 Å². The Hall–Kier alpha value is -3.67. The van der Waals surface area contributed by atoms with Gasteiger partial charge in [0.1, 0.15) is 17.6 Å². The van der Waals surface area contributed by atoms with E-state index in [1.807, 2.05) is 71.9 Å². The molecule has 1 radical (unpaired) electrons. The summed E-state index contributed by atoms with van der Waals surface area (Å²) in [6, 6.07) is 21.8. The molecule has 3 aromatic heterocycles. The summed E-state index contributed by atoms with van der Waals surface area (Å²) in [5, 5.41) is 12.5. The normalized spacial score (nSPS) is 12.4. The molecule has 2 aromatic carbocycles. The van der Waals surface area contributed by atoms with Crippen molar-refractivity contribution in [1.82, 2.24) is 15.0 Å². The Kier molecular flexibility index (Phi) is 12.4. The van der Waals surface area contributed by atoms with E-state index in [-0.39, 0.29) is 47.9 Å². The minimum absolute atomic E-state index is 0. The molecule has 0 fully saturated rings. The number of nitrogens with zero attached hydrogens (tertiary/aromatic N) is 3. The second-order valence-corrected chi connectivity index (χ2v) is 13.6. The molecule has 0 atom stereocenters. The summed E-state index contributed by atoms with van der Waals surface area (Å²) < 4.78 is 5.39. The van der Waals surface area contributed by atoms with Crippen LogP contribution in [-0.2, 0) is 30.3 Å². The van der Waals surface area contributed by atoms with Crippen LogP contribution in [-0.4, -0.2) is 25.8 Å². The first kappa shape index (κ1) is 37.8. The van der Waals surface area contributed by atoms with E-state index < -0.39 is 0 Å². The molecule has 6 nitrogen and oxygen atoms in total. The van der Waals surface area contributed by atoms with E-state index in [1.165, 1.54) is 17.0 Å². The van der Waals surface area contributed by atoms with Gasteiger partial charge in [-0.1, -0.05) is 91.5 Å². The number of benzene rings is 2. The summed E-state index contributed by atoms with van der Waals surface area (Å²) in [7, 11) is 0. The number of ketones is 1. The number of pyridine rings is 1. The Bertz CT molecular complexity index is 1840. The fourth-order valence-electron chi connectivity index (χ4n) is 5.31. The monoisotopic (exact) mass is 811 g/mol. The van der Waals surface area contributed by atoms with Crippen molar-refractivity contribution in [3.63, 3.8) is 0 Å². The van der Waals surface area contributed by atoms with Gasteiger partial charge < -0.3 is 9.52 Å². The number of carbonyl (C=O) groups is 1. The Morgan fingerprint density at radius 2 is 1.47 bits per heavy atom. The van der Waals surface area contributed by atoms with E-state index in [4.69, 9.17) is 4.42 Å². The molecular formula is C40H48IrN3O3-. The molecule has 5 aromatic rings. The van der Waals surface area contributed by atoms with E-state index in [1.54, 1.807) is 12.6 Å². The van der Waals surface area contributed by atoms with Gasteiger partial charge in [0.15, 0.2) is 11.4 Å². The largest absolute Gasteiger partial charge is 0.512 e. The van der Waals surface area contributed by atoms with Gasteiger partial charge >= 0.3 is 0 Å². The van der Waals surface area contributed by atoms with Gasteiger partial charge in [0, 0.05) is 48.8 Å². The minimum atomic E-state index is -0.337. The fraction of sp³-hybridized carbons (Fsp3) is 0.400. The Balaban J connectivity index is 0.000000290. The third kappa shape index (κ3) is 8.44. The Labute approximate surface area is 293 Å². The Morgan fingerprint density at radius 1 is 0.830 bits per heavy atom. The smallest absolute Gasteiger partial charge is 0.164 e. The van der Waals surface area contributed by atoms with Crippen LogP contribution in [0.2, 0.25) is 0 Å². The summed E-state index contributed by atoms with van der Waals surface area (Å²) in [5.41, 5.74) is 5.62. The number of rotatable bonds is 9. The van der Waals surface area contributed by atoms with Crippen LogP contribution in [0.1, 0.15) is 93.6 Å². The molecule has 0 amide bonds. The molecular weight excluding hydrogens is 763 g/mol.